The number of nitrogens with zero attached hydrogens (tertiary/aromatic N) is 2. The Kier molecular flexibility index (Phi) is 8.67. The van der Waals surface area contributed by atoms with Crippen molar-refractivity contribution in [2.75, 3.05) is 43.4 Å². The third-order valence-corrected chi connectivity index (χ3v) is 6.67. The molecule has 1 saturated heterocycles. The second-order valence-electron chi connectivity index (χ2n) is 8.26. The molecule has 0 radical (unpaired) electrons. The van der Waals surface area contributed by atoms with Crippen LogP contribution in [0.4, 0.5) is 5.69 Å². The van der Waals surface area contributed by atoms with E-state index >= 15 is 0 Å². The number of hydrogen-bond acceptors (Lipinski definition) is 5. The van der Waals surface area contributed by atoms with E-state index in [1.165, 1.54) is 16.1 Å². The number of rotatable bonds is 10. The minimum absolute atomic E-state index is 0.0825. The van der Waals surface area contributed by atoms with Crippen LogP contribution in [-0.4, -0.2) is 58.3 Å². The average Bonchev–Trinajstić information content (AvgIpc) is 2.76. The van der Waals surface area contributed by atoms with Crippen molar-refractivity contribution in [3.8, 4) is 0 Å². The largest absolute Gasteiger partial charge is 0.379 e. The lowest BCUT2D eigenvalue weighted by molar-refractivity contribution is -0.121. The lowest BCUT2D eigenvalue weighted by Gasteiger charge is -2.26. The number of nitrogens with one attached hydrogen (secondary N) is 1. The Morgan fingerprint density at radius 2 is 1.78 bits per heavy atom. The van der Waals surface area contributed by atoms with Gasteiger partial charge in [0.2, 0.25) is 15.9 Å². The predicted molar refractivity (Wildman–Crippen MR) is 127 cm³/mol. The van der Waals surface area contributed by atoms with Crippen LogP contribution in [0.3, 0.4) is 0 Å². The first-order chi connectivity index (χ1) is 15.3. The lowest BCUT2D eigenvalue weighted by atomic mass is 10.1. The maximum atomic E-state index is 12.3. The van der Waals surface area contributed by atoms with Gasteiger partial charge in [0.25, 0.3) is 0 Å². The molecule has 0 unspecified atom stereocenters. The van der Waals surface area contributed by atoms with Crippen molar-refractivity contribution in [2.45, 2.75) is 32.9 Å². The Bertz CT molecular complexity index is 987. The van der Waals surface area contributed by atoms with Gasteiger partial charge in [0.05, 0.1) is 25.2 Å². The summed E-state index contributed by atoms with van der Waals surface area (Å²) in [7, 11) is -3.41. The SMILES string of the molecule is Cc1ccc(N(CCCC(=O)NCc2cccc(CN3CCOCC3)c2)S(C)(=O)=O)cc1. The zero-order valence-electron chi connectivity index (χ0n) is 18.9. The molecule has 0 spiro atoms. The fourth-order valence-electron chi connectivity index (χ4n) is 3.73. The van der Waals surface area contributed by atoms with E-state index in [0.29, 0.717) is 18.7 Å². The molecule has 0 atom stereocenters. The van der Waals surface area contributed by atoms with Gasteiger partial charge in [0.15, 0.2) is 0 Å². The number of sulfonamides is 1. The van der Waals surface area contributed by atoms with Crippen molar-refractivity contribution in [3.63, 3.8) is 0 Å². The number of ether oxygens (including phenoxy) is 1. The fraction of sp³-hybridized carbons (Fsp3) is 0.458. The first-order valence-corrected chi connectivity index (χ1v) is 12.8. The van der Waals surface area contributed by atoms with Gasteiger partial charge >= 0.3 is 0 Å². The fourth-order valence-corrected chi connectivity index (χ4v) is 4.69. The highest BCUT2D eigenvalue weighted by atomic mass is 32.2. The van der Waals surface area contributed by atoms with Gasteiger partial charge in [-0.2, -0.15) is 0 Å². The monoisotopic (exact) mass is 459 g/mol. The molecule has 7 nitrogen and oxygen atoms in total. The molecule has 2 aromatic carbocycles. The molecule has 8 heteroatoms. The summed E-state index contributed by atoms with van der Waals surface area (Å²) in [5.74, 6) is -0.0825. The van der Waals surface area contributed by atoms with Gasteiger partial charge < -0.3 is 10.1 Å². The normalized spacial score (nSPS) is 14.8. The third-order valence-electron chi connectivity index (χ3n) is 5.48. The number of carbonyl (C=O) groups is 1. The maximum Gasteiger partial charge on any atom is 0.232 e. The molecule has 1 heterocycles. The van der Waals surface area contributed by atoms with Crippen LogP contribution in [0.15, 0.2) is 48.5 Å². The summed E-state index contributed by atoms with van der Waals surface area (Å²) < 4.78 is 31.1. The standard InChI is InChI=1S/C24H33N3O4S/c1-20-8-10-23(11-9-20)27(32(2,29)30)12-4-7-24(28)25-18-21-5-3-6-22(17-21)19-26-13-15-31-16-14-26/h3,5-6,8-11,17H,4,7,12-16,18-19H2,1-2H3,(H,25,28). The van der Waals surface area contributed by atoms with Crippen molar-refractivity contribution in [1.82, 2.24) is 10.2 Å². The van der Waals surface area contributed by atoms with Gasteiger partial charge in [-0.15, -0.1) is 0 Å². The topological polar surface area (TPSA) is 79.0 Å². The van der Waals surface area contributed by atoms with E-state index in [1.807, 2.05) is 31.2 Å². The van der Waals surface area contributed by atoms with Crippen molar-refractivity contribution < 1.29 is 17.9 Å². The Morgan fingerprint density at radius 1 is 1.09 bits per heavy atom. The molecule has 0 saturated carbocycles. The molecule has 32 heavy (non-hydrogen) atoms. The summed E-state index contributed by atoms with van der Waals surface area (Å²) in [6, 6.07) is 15.6. The van der Waals surface area contributed by atoms with E-state index in [4.69, 9.17) is 4.74 Å². The molecule has 1 N–H and O–H groups in total. The van der Waals surface area contributed by atoms with Gasteiger partial charge in [-0.05, 0) is 36.6 Å². The molecule has 0 aliphatic carbocycles. The maximum absolute atomic E-state index is 12.3. The Hall–Kier alpha value is -2.42. The van der Waals surface area contributed by atoms with E-state index in [1.54, 1.807) is 12.1 Å². The Morgan fingerprint density at radius 3 is 2.47 bits per heavy atom. The van der Waals surface area contributed by atoms with Crippen LogP contribution in [0, 0.1) is 6.92 Å². The lowest BCUT2D eigenvalue weighted by Crippen LogP contribution is -2.35. The van der Waals surface area contributed by atoms with Crippen LogP contribution in [-0.2, 0) is 32.6 Å². The second-order valence-corrected chi connectivity index (χ2v) is 10.2. The molecule has 1 aliphatic rings. The smallest absolute Gasteiger partial charge is 0.232 e. The molecule has 0 bridgehead atoms. The Balaban J connectivity index is 1.46. The minimum atomic E-state index is -3.41. The predicted octanol–water partition coefficient (Wildman–Crippen LogP) is 2.69. The molecule has 1 fully saturated rings. The highest BCUT2D eigenvalue weighted by Gasteiger charge is 2.17. The second kappa shape index (κ2) is 11.4. The summed E-state index contributed by atoms with van der Waals surface area (Å²) in [6.45, 7) is 6.99. The molecule has 2 aromatic rings. The number of anilines is 1. The molecular formula is C24H33N3O4S. The summed E-state index contributed by atoms with van der Waals surface area (Å²) in [5, 5.41) is 2.95. The van der Waals surface area contributed by atoms with Crippen LogP contribution in [0.1, 0.15) is 29.5 Å². The van der Waals surface area contributed by atoms with Gasteiger partial charge in [-0.1, -0.05) is 42.0 Å². The Labute approximate surface area is 191 Å². The zero-order valence-corrected chi connectivity index (χ0v) is 19.7. The molecule has 0 aromatic heterocycles. The minimum Gasteiger partial charge on any atom is -0.379 e. The molecule has 1 amide bonds. The van der Waals surface area contributed by atoms with Gasteiger partial charge in [-0.3, -0.25) is 14.0 Å². The number of morpholine rings is 1. The highest BCUT2D eigenvalue weighted by Crippen LogP contribution is 2.19. The first-order valence-electron chi connectivity index (χ1n) is 11.0. The average molecular weight is 460 g/mol. The number of amides is 1. The molecule has 3 rings (SSSR count). The first kappa shape index (κ1) is 24.2. The van der Waals surface area contributed by atoms with Crippen LogP contribution < -0.4 is 9.62 Å². The summed E-state index contributed by atoms with van der Waals surface area (Å²) in [6.07, 6.45) is 1.91. The van der Waals surface area contributed by atoms with Crippen molar-refractivity contribution in [2.24, 2.45) is 0 Å². The van der Waals surface area contributed by atoms with Crippen molar-refractivity contribution in [1.29, 1.82) is 0 Å². The zero-order chi connectivity index (χ0) is 23.0. The van der Waals surface area contributed by atoms with Gasteiger partial charge in [-0.25, -0.2) is 8.42 Å². The van der Waals surface area contributed by atoms with E-state index in [2.05, 4.69) is 22.3 Å². The van der Waals surface area contributed by atoms with Gasteiger partial charge in [0, 0.05) is 39.1 Å². The van der Waals surface area contributed by atoms with E-state index in [0.717, 1.165) is 44.0 Å². The van der Waals surface area contributed by atoms with E-state index in [9.17, 15) is 13.2 Å². The molecule has 1 aliphatic heterocycles. The van der Waals surface area contributed by atoms with E-state index < -0.39 is 10.0 Å². The van der Waals surface area contributed by atoms with Crippen molar-refractivity contribution in [3.05, 3.63) is 65.2 Å². The van der Waals surface area contributed by atoms with Crippen LogP contribution in [0.2, 0.25) is 0 Å². The summed E-state index contributed by atoms with van der Waals surface area (Å²) >= 11 is 0. The number of benzene rings is 2. The summed E-state index contributed by atoms with van der Waals surface area (Å²) in [4.78, 5) is 14.7. The van der Waals surface area contributed by atoms with Crippen LogP contribution in [0.25, 0.3) is 0 Å². The third kappa shape index (κ3) is 7.62. The molecule has 174 valence electrons. The van der Waals surface area contributed by atoms with Crippen molar-refractivity contribution >= 4 is 21.6 Å². The number of hydrogen-bond donors (Lipinski definition) is 1. The van der Waals surface area contributed by atoms with E-state index in [-0.39, 0.29) is 18.9 Å². The van der Waals surface area contributed by atoms with Gasteiger partial charge in [0.1, 0.15) is 0 Å². The van der Waals surface area contributed by atoms with Crippen LogP contribution >= 0.6 is 0 Å². The number of aryl methyl sites for hydroxylation is 1. The molecular weight excluding hydrogens is 426 g/mol. The van der Waals surface area contributed by atoms with Crippen LogP contribution in [0.5, 0.6) is 0 Å². The highest BCUT2D eigenvalue weighted by molar-refractivity contribution is 7.92. The summed E-state index contributed by atoms with van der Waals surface area (Å²) in [5.41, 5.74) is 3.97. The number of carbonyl (C=O) groups excluding carboxylic acids is 1. The quantitative estimate of drug-likeness (QED) is 0.591.